The minimum atomic E-state index is -0.813. The minimum Gasteiger partial charge on any atom is -0.482 e. The first-order chi connectivity index (χ1) is 11.5. The Morgan fingerprint density at radius 3 is 2.67 bits per heavy atom. The molecule has 5 heteroatoms. The normalized spacial score (nSPS) is 21.6. The first kappa shape index (κ1) is 18.3. The van der Waals surface area contributed by atoms with E-state index in [0.29, 0.717) is 11.7 Å². The zero-order valence-corrected chi connectivity index (χ0v) is 14.7. The van der Waals surface area contributed by atoms with E-state index in [4.69, 9.17) is 9.47 Å². The van der Waals surface area contributed by atoms with Crippen molar-refractivity contribution in [1.82, 2.24) is 5.32 Å². The summed E-state index contributed by atoms with van der Waals surface area (Å²) in [4.78, 5) is 24.1. The lowest BCUT2D eigenvalue weighted by Crippen LogP contribution is -2.46. The quantitative estimate of drug-likeness (QED) is 0.813. The van der Waals surface area contributed by atoms with E-state index >= 15 is 0 Å². The first-order valence-corrected chi connectivity index (χ1v) is 8.65. The molecule has 1 aliphatic carbocycles. The van der Waals surface area contributed by atoms with Gasteiger partial charge in [0, 0.05) is 6.04 Å². The molecular weight excluding hydrogens is 306 g/mol. The summed E-state index contributed by atoms with van der Waals surface area (Å²) in [5.41, 5.74) is 0.947. The van der Waals surface area contributed by atoms with Gasteiger partial charge in [-0.05, 0) is 44.2 Å². The number of hydrogen-bond acceptors (Lipinski definition) is 4. The van der Waals surface area contributed by atoms with Crippen molar-refractivity contribution in [2.75, 3.05) is 6.61 Å². The highest BCUT2D eigenvalue weighted by Crippen LogP contribution is 2.23. The molecule has 1 amide bonds. The van der Waals surface area contributed by atoms with Gasteiger partial charge in [-0.15, -0.1) is 0 Å². The molecule has 0 heterocycles. The maximum atomic E-state index is 12.2. The molecule has 1 N–H and O–H groups in total. The lowest BCUT2D eigenvalue weighted by atomic mass is 9.86. The van der Waals surface area contributed by atoms with E-state index in [9.17, 15) is 9.59 Å². The van der Waals surface area contributed by atoms with Crippen molar-refractivity contribution in [3.05, 3.63) is 29.8 Å². The van der Waals surface area contributed by atoms with Crippen LogP contribution in [0.3, 0.4) is 0 Å². The van der Waals surface area contributed by atoms with Gasteiger partial charge in [0.25, 0.3) is 5.91 Å². The van der Waals surface area contributed by atoms with E-state index in [1.165, 1.54) is 6.42 Å². The first-order valence-electron chi connectivity index (χ1n) is 8.65. The molecule has 1 saturated carbocycles. The fourth-order valence-electron chi connectivity index (χ4n) is 2.97. The molecule has 24 heavy (non-hydrogen) atoms. The van der Waals surface area contributed by atoms with Gasteiger partial charge in [0.05, 0.1) is 0 Å². The van der Waals surface area contributed by atoms with E-state index in [0.717, 1.165) is 24.8 Å². The second-order valence-corrected chi connectivity index (χ2v) is 6.56. The van der Waals surface area contributed by atoms with Gasteiger partial charge in [0.15, 0.2) is 12.7 Å². The van der Waals surface area contributed by atoms with E-state index in [1.807, 2.05) is 25.1 Å². The molecule has 0 radical (unpaired) electrons. The van der Waals surface area contributed by atoms with Crippen molar-refractivity contribution in [2.45, 2.75) is 58.6 Å². The molecule has 1 aliphatic rings. The molecule has 0 aliphatic heterocycles. The van der Waals surface area contributed by atoms with Gasteiger partial charge in [-0.3, -0.25) is 4.79 Å². The summed E-state index contributed by atoms with van der Waals surface area (Å²) in [6.45, 7) is 5.44. The summed E-state index contributed by atoms with van der Waals surface area (Å²) in [6, 6.07) is 7.62. The van der Waals surface area contributed by atoms with Gasteiger partial charge in [0.2, 0.25) is 0 Å². The molecular formula is C19H27NO4. The Bertz CT molecular complexity index is 572. The van der Waals surface area contributed by atoms with Crippen LogP contribution < -0.4 is 10.1 Å². The Labute approximate surface area is 143 Å². The number of carbonyl (C=O) groups is 2. The number of nitrogens with one attached hydrogen (secondary N) is 1. The van der Waals surface area contributed by atoms with Gasteiger partial charge >= 0.3 is 5.97 Å². The van der Waals surface area contributed by atoms with Crippen molar-refractivity contribution in [3.8, 4) is 5.75 Å². The summed E-state index contributed by atoms with van der Waals surface area (Å²) < 4.78 is 10.6. The monoisotopic (exact) mass is 333 g/mol. The molecule has 1 aromatic rings. The van der Waals surface area contributed by atoms with Crippen LogP contribution in [-0.4, -0.2) is 30.6 Å². The molecule has 1 fully saturated rings. The highest BCUT2D eigenvalue weighted by atomic mass is 16.6. The maximum absolute atomic E-state index is 12.2. The number of aryl methyl sites for hydroxylation is 1. The molecule has 0 unspecified atom stereocenters. The van der Waals surface area contributed by atoms with Crippen LogP contribution in [0.15, 0.2) is 24.3 Å². The molecule has 5 nitrogen and oxygen atoms in total. The van der Waals surface area contributed by atoms with Crippen molar-refractivity contribution in [2.24, 2.45) is 5.92 Å². The average molecular weight is 333 g/mol. The summed E-state index contributed by atoms with van der Waals surface area (Å²) in [5, 5.41) is 3.00. The van der Waals surface area contributed by atoms with Gasteiger partial charge in [-0.2, -0.15) is 0 Å². The number of hydrogen-bond donors (Lipinski definition) is 1. The Morgan fingerprint density at radius 1 is 1.25 bits per heavy atom. The van der Waals surface area contributed by atoms with Crippen LogP contribution in [0.25, 0.3) is 0 Å². The zero-order chi connectivity index (χ0) is 17.5. The third kappa shape index (κ3) is 5.25. The van der Waals surface area contributed by atoms with E-state index in [-0.39, 0.29) is 18.6 Å². The number of esters is 1. The van der Waals surface area contributed by atoms with Gasteiger partial charge in [0.1, 0.15) is 5.75 Å². The molecule has 0 spiro atoms. The summed E-state index contributed by atoms with van der Waals surface area (Å²) >= 11 is 0. The lowest BCUT2D eigenvalue weighted by Gasteiger charge is -2.30. The number of rotatable bonds is 6. The van der Waals surface area contributed by atoms with Crippen molar-refractivity contribution in [1.29, 1.82) is 0 Å². The fourth-order valence-corrected chi connectivity index (χ4v) is 2.97. The minimum absolute atomic E-state index is 0.177. The van der Waals surface area contributed by atoms with Crippen LogP contribution in [0.4, 0.5) is 0 Å². The number of para-hydroxylation sites is 1. The van der Waals surface area contributed by atoms with Crippen LogP contribution >= 0.6 is 0 Å². The molecule has 0 bridgehead atoms. The third-order valence-electron chi connectivity index (χ3n) is 4.56. The molecule has 2 rings (SSSR count). The largest absolute Gasteiger partial charge is 0.482 e. The second-order valence-electron chi connectivity index (χ2n) is 6.56. The summed E-state index contributed by atoms with van der Waals surface area (Å²) in [6.07, 6.45) is 3.65. The highest BCUT2D eigenvalue weighted by molar-refractivity contribution is 5.83. The SMILES string of the molecule is Cc1ccccc1OCC(=O)O[C@H](C)C(=O)N[C@H]1CCCC[C@H]1C. The Balaban J connectivity index is 1.76. The number of ether oxygens (including phenoxy) is 2. The van der Waals surface area contributed by atoms with Gasteiger partial charge in [-0.25, -0.2) is 4.79 Å². The third-order valence-corrected chi connectivity index (χ3v) is 4.56. The fraction of sp³-hybridized carbons (Fsp3) is 0.579. The zero-order valence-electron chi connectivity index (χ0n) is 14.7. The van der Waals surface area contributed by atoms with E-state index in [2.05, 4.69) is 12.2 Å². The lowest BCUT2D eigenvalue weighted by molar-refractivity contribution is -0.157. The Morgan fingerprint density at radius 2 is 1.96 bits per heavy atom. The number of amides is 1. The van der Waals surface area contributed by atoms with E-state index in [1.54, 1.807) is 13.0 Å². The molecule has 1 aromatic carbocycles. The van der Waals surface area contributed by atoms with Crippen LogP contribution in [0.2, 0.25) is 0 Å². The van der Waals surface area contributed by atoms with Crippen LogP contribution in [-0.2, 0) is 14.3 Å². The summed E-state index contributed by atoms with van der Waals surface area (Å²) in [7, 11) is 0. The second kappa shape index (κ2) is 8.71. The van der Waals surface area contributed by atoms with Crippen molar-refractivity contribution in [3.63, 3.8) is 0 Å². The molecule has 132 valence electrons. The number of carbonyl (C=O) groups excluding carboxylic acids is 2. The van der Waals surface area contributed by atoms with Crippen LogP contribution in [0.1, 0.15) is 45.1 Å². The topological polar surface area (TPSA) is 64.6 Å². The Hall–Kier alpha value is -2.04. The van der Waals surface area contributed by atoms with Crippen LogP contribution in [0.5, 0.6) is 5.75 Å². The van der Waals surface area contributed by atoms with E-state index < -0.39 is 12.1 Å². The summed E-state index contributed by atoms with van der Waals surface area (Å²) in [5.74, 6) is 0.327. The smallest absolute Gasteiger partial charge is 0.344 e. The average Bonchev–Trinajstić information content (AvgIpc) is 2.56. The van der Waals surface area contributed by atoms with Crippen molar-refractivity contribution >= 4 is 11.9 Å². The van der Waals surface area contributed by atoms with Crippen LogP contribution in [0, 0.1) is 12.8 Å². The maximum Gasteiger partial charge on any atom is 0.344 e. The predicted octanol–water partition coefficient (Wildman–Crippen LogP) is 3.00. The predicted molar refractivity (Wildman–Crippen MR) is 91.8 cm³/mol. The molecule has 3 atom stereocenters. The standard InChI is InChI=1S/C19H27NO4/c1-13-8-4-6-10-16(13)20-19(22)15(3)24-18(21)12-23-17-11-7-5-9-14(17)2/h5,7,9,11,13,15-16H,4,6,8,10,12H2,1-3H3,(H,20,22)/t13-,15-,16+/m1/s1. The van der Waals surface area contributed by atoms with Gasteiger partial charge in [-0.1, -0.05) is 38.0 Å². The van der Waals surface area contributed by atoms with Gasteiger partial charge < -0.3 is 14.8 Å². The highest BCUT2D eigenvalue weighted by Gasteiger charge is 2.26. The van der Waals surface area contributed by atoms with Crippen molar-refractivity contribution < 1.29 is 19.1 Å². The molecule has 0 aromatic heterocycles. The number of benzene rings is 1. The molecule has 0 saturated heterocycles. The Kier molecular flexibility index (Phi) is 6.64.